The molecule has 0 aromatic carbocycles. The van der Waals surface area contributed by atoms with Crippen LogP contribution in [0.15, 0.2) is 0 Å². The highest BCUT2D eigenvalue weighted by Crippen LogP contribution is 2.34. The fraction of sp³-hybridized carbons (Fsp3) is 0.909. The van der Waals surface area contributed by atoms with Crippen LogP contribution < -0.4 is 0 Å². The van der Waals surface area contributed by atoms with E-state index < -0.39 is 5.97 Å². The summed E-state index contributed by atoms with van der Waals surface area (Å²) in [6, 6.07) is 1.85. The first-order valence-corrected chi connectivity index (χ1v) is 5.75. The molecule has 2 unspecified atom stereocenters. The molecular formula is C11H20N2O2. The van der Waals surface area contributed by atoms with Crippen molar-refractivity contribution in [3.8, 4) is 0 Å². The summed E-state index contributed by atoms with van der Waals surface area (Å²) in [6.07, 6.45) is 3.78. The molecule has 0 amide bonds. The second-order valence-corrected chi connectivity index (χ2v) is 4.98. The number of aliphatic carboxylic acids is 1. The molecule has 4 heteroatoms. The standard InChI is InChI=1S/C11H20N2O2/c1-8-5-10(12(2)7-11(14)15)6-13(8)9-3-4-9/h8-10H,3-7H2,1-2H3,(H,14,15). The van der Waals surface area contributed by atoms with Gasteiger partial charge in [-0.05, 0) is 33.2 Å². The normalized spacial score (nSPS) is 32.5. The Morgan fingerprint density at radius 2 is 2.20 bits per heavy atom. The maximum atomic E-state index is 10.6. The molecule has 1 heterocycles. The maximum absolute atomic E-state index is 10.6. The minimum absolute atomic E-state index is 0.163. The zero-order valence-electron chi connectivity index (χ0n) is 9.52. The lowest BCUT2D eigenvalue weighted by atomic mass is 10.2. The van der Waals surface area contributed by atoms with Crippen LogP contribution in [0.5, 0.6) is 0 Å². The summed E-state index contributed by atoms with van der Waals surface area (Å²) in [5.74, 6) is -0.727. The molecule has 0 aromatic heterocycles. The Labute approximate surface area is 90.9 Å². The third-order valence-corrected chi connectivity index (χ3v) is 3.62. The summed E-state index contributed by atoms with van der Waals surface area (Å²) in [5.41, 5.74) is 0. The number of hydrogen-bond acceptors (Lipinski definition) is 3. The van der Waals surface area contributed by atoms with E-state index in [4.69, 9.17) is 5.11 Å². The van der Waals surface area contributed by atoms with Crippen LogP contribution in [0.25, 0.3) is 0 Å². The molecule has 1 saturated heterocycles. The third-order valence-electron chi connectivity index (χ3n) is 3.62. The van der Waals surface area contributed by atoms with Gasteiger partial charge in [0.2, 0.25) is 0 Å². The molecule has 2 aliphatic rings. The molecule has 0 radical (unpaired) electrons. The highest BCUT2D eigenvalue weighted by molar-refractivity contribution is 5.69. The van der Waals surface area contributed by atoms with E-state index in [0.29, 0.717) is 12.1 Å². The number of carboxylic acid groups (broad SMARTS) is 1. The summed E-state index contributed by atoms with van der Waals surface area (Å²) < 4.78 is 0. The van der Waals surface area contributed by atoms with E-state index in [1.54, 1.807) is 0 Å². The average molecular weight is 212 g/mol. The molecule has 0 spiro atoms. The number of hydrogen-bond donors (Lipinski definition) is 1. The zero-order chi connectivity index (χ0) is 11.0. The van der Waals surface area contributed by atoms with E-state index in [1.807, 2.05) is 11.9 Å². The van der Waals surface area contributed by atoms with Gasteiger partial charge in [0.05, 0.1) is 6.54 Å². The fourth-order valence-corrected chi connectivity index (χ4v) is 2.60. The monoisotopic (exact) mass is 212 g/mol. The number of likely N-dealkylation sites (N-methyl/N-ethyl adjacent to an activating group) is 1. The van der Waals surface area contributed by atoms with Crippen molar-refractivity contribution in [2.45, 2.75) is 44.3 Å². The zero-order valence-corrected chi connectivity index (χ0v) is 9.52. The SMILES string of the molecule is CC1CC(N(C)CC(=O)O)CN1C1CC1. The van der Waals surface area contributed by atoms with Crippen molar-refractivity contribution in [2.24, 2.45) is 0 Å². The van der Waals surface area contributed by atoms with Crippen LogP contribution in [0.3, 0.4) is 0 Å². The van der Waals surface area contributed by atoms with Crippen molar-refractivity contribution in [1.29, 1.82) is 0 Å². The summed E-state index contributed by atoms with van der Waals surface area (Å²) in [7, 11) is 1.92. The van der Waals surface area contributed by atoms with Crippen molar-refractivity contribution in [1.82, 2.24) is 9.80 Å². The molecule has 2 atom stereocenters. The molecule has 2 rings (SSSR count). The minimum Gasteiger partial charge on any atom is -0.480 e. The number of likely N-dealkylation sites (tertiary alicyclic amines) is 1. The average Bonchev–Trinajstić information content (AvgIpc) is 2.89. The lowest BCUT2D eigenvalue weighted by Gasteiger charge is -2.23. The predicted molar refractivity (Wildman–Crippen MR) is 57.9 cm³/mol. The van der Waals surface area contributed by atoms with Gasteiger partial charge >= 0.3 is 5.97 Å². The van der Waals surface area contributed by atoms with Gasteiger partial charge in [0.15, 0.2) is 0 Å². The van der Waals surface area contributed by atoms with E-state index in [1.165, 1.54) is 12.8 Å². The minimum atomic E-state index is -0.727. The van der Waals surface area contributed by atoms with Crippen molar-refractivity contribution in [3.63, 3.8) is 0 Å². The molecule has 86 valence electrons. The molecule has 1 saturated carbocycles. The maximum Gasteiger partial charge on any atom is 0.317 e. The lowest BCUT2D eigenvalue weighted by Crippen LogP contribution is -2.38. The Hall–Kier alpha value is -0.610. The highest BCUT2D eigenvalue weighted by Gasteiger charge is 2.39. The Kier molecular flexibility index (Phi) is 2.98. The second-order valence-electron chi connectivity index (χ2n) is 4.98. The molecule has 15 heavy (non-hydrogen) atoms. The van der Waals surface area contributed by atoms with Crippen molar-refractivity contribution < 1.29 is 9.90 Å². The van der Waals surface area contributed by atoms with Crippen LogP contribution in [0.2, 0.25) is 0 Å². The molecule has 4 nitrogen and oxygen atoms in total. The van der Waals surface area contributed by atoms with Gasteiger partial charge in [0.1, 0.15) is 0 Å². The van der Waals surface area contributed by atoms with Crippen molar-refractivity contribution >= 4 is 5.97 Å². The van der Waals surface area contributed by atoms with Crippen LogP contribution in [0.4, 0.5) is 0 Å². The Morgan fingerprint density at radius 1 is 1.53 bits per heavy atom. The first kappa shape index (κ1) is 10.9. The van der Waals surface area contributed by atoms with Gasteiger partial charge in [-0.2, -0.15) is 0 Å². The second kappa shape index (κ2) is 4.10. The number of carboxylic acids is 1. The topological polar surface area (TPSA) is 43.8 Å². The van der Waals surface area contributed by atoms with Gasteiger partial charge in [-0.25, -0.2) is 0 Å². The van der Waals surface area contributed by atoms with Crippen LogP contribution in [-0.4, -0.2) is 59.1 Å². The van der Waals surface area contributed by atoms with Gasteiger partial charge in [0, 0.05) is 24.7 Å². The highest BCUT2D eigenvalue weighted by atomic mass is 16.4. The van der Waals surface area contributed by atoms with E-state index in [9.17, 15) is 4.79 Å². The van der Waals surface area contributed by atoms with E-state index in [0.717, 1.165) is 19.0 Å². The first-order valence-electron chi connectivity index (χ1n) is 5.75. The van der Waals surface area contributed by atoms with Gasteiger partial charge in [-0.1, -0.05) is 0 Å². The quantitative estimate of drug-likeness (QED) is 0.742. The smallest absolute Gasteiger partial charge is 0.317 e. The van der Waals surface area contributed by atoms with E-state index >= 15 is 0 Å². The van der Waals surface area contributed by atoms with Crippen LogP contribution in [-0.2, 0) is 4.79 Å². The van der Waals surface area contributed by atoms with Crippen molar-refractivity contribution in [3.05, 3.63) is 0 Å². The Bertz CT molecular complexity index is 253. The molecule has 1 N–H and O–H groups in total. The van der Waals surface area contributed by atoms with Crippen LogP contribution >= 0.6 is 0 Å². The summed E-state index contributed by atoms with van der Waals surface area (Å²) in [5, 5.41) is 8.74. The van der Waals surface area contributed by atoms with E-state index in [-0.39, 0.29) is 6.54 Å². The largest absolute Gasteiger partial charge is 0.480 e. The molecule has 0 bridgehead atoms. The van der Waals surface area contributed by atoms with Gasteiger partial charge in [-0.3, -0.25) is 14.6 Å². The summed E-state index contributed by atoms with van der Waals surface area (Å²) >= 11 is 0. The molecular weight excluding hydrogens is 192 g/mol. The van der Waals surface area contributed by atoms with Gasteiger partial charge in [0.25, 0.3) is 0 Å². The Morgan fingerprint density at radius 3 is 2.73 bits per heavy atom. The van der Waals surface area contributed by atoms with Crippen LogP contribution in [0.1, 0.15) is 26.2 Å². The molecule has 2 fully saturated rings. The number of nitrogens with zero attached hydrogens (tertiary/aromatic N) is 2. The predicted octanol–water partition coefficient (Wildman–Crippen LogP) is 0.628. The van der Waals surface area contributed by atoms with Gasteiger partial charge in [-0.15, -0.1) is 0 Å². The third kappa shape index (κ3) is 2.49. The molecule has 1 aliphatic heterocycles. The van der Waals surface area contributed by atoms with Crippen molar-refractivity contribution in [2.75, 3.05) is 20.1 Å². The van der Waals surface area contributed by atoms with E-state index in [2.05, 4.69) is 11.8 Å². The fourth-order valence-electron chi connectivity index (χ4n) is 2.60. The lowest BCUT2D eigenvalue weighted by molar-refractivity contribution is -0.138. The summed E-state index contributed by atoms with van der Waals surface area (Å²) in [4.78, 5) is 15.1. The molecule has 1 aliphatic carbocycles. The number of carbonyl (C=O) groups is 1. The number of rotatable bonds is 4. The Balaban J connectivity index is 1.87. The van der Waals surface area contributed by atoms with Crippen LogP contribution in [0, 0.1) is 0 Å². The summed E-state index contributed by atoms with van der Waals surface area (Å²) in [6.45, 7) is 3.47. The first-order chi connectivity index (χ1) is 7.08. The van der Waals surface area contributed by atoms with Gasteiger partial charge < -0.3 is 5.11 Å². The molecule has 0 aromatic rings.